The van der Waals surface area contributed by atoms with Crippen molar-refractivity contribution in [1.82, 2.24) is 19.6 Å². The Kier molecular flexibility index (Phi) is 8.93. The molecular weight excluding hydrogens is 496 g/mol. The Balaban J connectivity index is 0.000000220. The van der Waals surface area contributed by atoms with Crippen molar-refractivity contribution in [3.05, 3.63) is 82.2 Å². The lowest BCUT2D eigenvalue weighted by molar-refractivity contribution is 0.425. The molecule has 6 heteroatoms. The highest BCUT2D eigenvalue weighted by atomic mass is 16.3. The standard InChI is InChI=1S/2C17H24N2O/c1-11(2)14-15(17(4,5)6)18-19(16(14)20)13-9-7-12(3)8-10-13;1-11(2)14-15(17(4,5)6)18-19(16(14)20)13-10-8-7-9-12(13)3/h2*7-11,20H,1-6H3. The van der Waals surface area contributed by atoms with Crippen LogP contribution in [-0.4, -0.2) is 29.8 Å². The van der Waals surface area contributed by atoms with Crippen molar-refractivity contribution >= 4 is 0 Å². The van der Waals surface area contributed by atoms with Crippen LogP contribution in [0.3, 0.4) is 0 Å². The number of para-hydroxylation sites is 1. The highest BCUT2D eigenvalue weighted by Crippen LogP contribution is 2.38. The van der Waals surface area contributed by atoms with Gasteiger partial charge in [0.1, 0.15) is 0 Å². The van der Waals surface area contributed by atoms with Gasteiger partial charge in [-0.25, -0.2) is 9.36 Å². The van der Waals surface area contributed by atoms with Crippen molar-refractivity contribution in [2.24, 2.45) is 0 Å². The highest BCUT2D eigenvalue weighted by molar-refractivity contribution is 5.48. The quantitative estimate of drug-likeness (QED) is 0.270. The normalized spacial score (nSPS) is 12.2. The fourth-order valence-electron chi connectivity index (χ4n) is 4.85. The number of aromatic nitrogens is 4. The Morgan fingerprint density at radius 1 is 0.625 bits per heavy atom. The number of rotatable bonds is 4. The van der Waals surface area contributed by atoms with E-state index < -0.39 is 0 Å². The molecule has 0 aliphatic carbocycles. The summed E-state index contributed by atoms with van der Waals surface area (Å²) in [6.45, 7) is 25.2. The summed E-state index contributed by atoms with van der Waals surface area (Å²) >= 11 is 0. The predicted octanol–water partition coefficient (Wildman–Crippen LogP) is 8.61. The maximum absolute atomic E-state index is 10.6. The molecule has 0 spiro atoms. The molecule has 0 unspecified atom stereocenters. The summed E-state index contributed by atoms with van der Waals surface area (Å²) in [5.41, 5.74) is 7.75. The van der Waals surface area contributed by atoms with Crippen molar-refractivity contribution in [2.45, 2.75) is 106 Å². The van der Waals surface area contributed by atoms with Crippen LogP contribution in [-0.2, 0) is 10.8 Å². The zero-order chi connectivity index (χ0) is 30.2. The van der Waals surface area contributed by atoms with E-state index >= 15 is 0 Å². The van der Waals surface area contributed by atoms with Gasteiger partial charge in [0.25, 0.3) is 0 Å². The van der Waals surface area contributed by atoms with Gasteiger partial charge in [-0.3, -0.25) is 0 Å². The smallest absolute Gasteiger partial charge is 0.218 e. The van der Waals surface area contributed by atoms with Crippen LogP contribution in [0.2, 0.25) is 0 Å². The van der Waals surface area contributed by atoms with Gasteiger partial charge < -0.3 is 10.2 Å². The summed E-state index contributed by atoms with van der Waals surface area (Å²) in [6.07, 6.45) is 0. The molecule has 0 saturated carbocycles. The molecule has 0 atom stereocenters. The molecule has 40 heavy (non-hydrogen) atoms. The molecule has 0 fully saturated rings. The van der Waals surface area contributed by atoms with Gasteiger partial charge in [0.05, 0.1) is 22.8 Å². The predicted molar refractivity (Wildman–Crippen MR) is 166 cm³/mol. The SMILES string of the molecule is Cc1ccc(-n2nc(C(C)(C)C)c(C(C)C)c2O)cc1.Cc1ccccc1-n1nc(C(C)(C)C)c(C(C)C)c1O. The monoisotopic (exact) mass is 544 g/mol. The van der Waals surface area contributed by atoms with E-state index in [-0.39, 0.29) is 34.4 Å². The van der Waals surface area contributed by atoms with Gasteiger partial charge in [-0.05, 0) is 49.4 Å². The lowest BCUT2D eigenvalue weighted by atomic mass is 9.86. The van der Waals surface area contributed by atoms with Crippen molar-refractivity contribution in [2.75, 3.05) is 0 Å². The first kappa shape index (κ1) is 31.0. The van der Waals surface area contributed by atoms with E-state index in [0.29, 0.717) is 0 Å². The van der Waals surface area contributed by atoms with Gasteiger partial charge in [0.2, 0.25) is 11.8 Å². The molecule has 4 aromatic rings. The van der Waals surface area contributed by atoms with Gasteiger partial charge >= 0.3 is 0 Å². The van der Waals surface area contributed by atoms with Gasteiger partial charge in [0.15, 0.2) is 0 Å². The molecule has 2 aromatic heterocycles. The minimum atomic E-state index is -0.0922. The van der Waals surface area contributed by atoms with Gasteiger partial charge in [-0.2, -0.15) is 10.2 Å². The summed E-state index contributed by atoms with van der Waals surface area (Å²) in [5, 5.41) is 30.6. The van der Waals surface area contributed by atoms with Crippen LogP contribution < -0.4 is 0 Å². The second kappa shape index (κ2) is 11.5. The first-order chi connectivity index (χ1) is 18.4. The summed E-state index contributed by atoms with van der Waals surface area (Å²) in [6, 6.07) is 16.0. The fraction of sp³-hybridized carbons (Fsp3) is 0.471. The van der Waals surface area contributed by atoms with Gasteiger partial charge in [0, 0.05) is 22.0 Å². The number of aryl methyl sites for hydroxylation is 2. The number of nitrogens with zero attached hydrogens (tertiary/aromatic N) is 4. The largest absolute Gasteiger partial charge is 0.493 e. The Labute approximate surface area is 240 Å². The number of aromatic hydroxyl groups is 2. The van der Waals surface area contributed by atoms with Crippen LogP contribution in [0.5, 0.6) is 11.8 Å². The Hall–Kier alpha value is -3.54. The first-order valence-electron chi connectivity index (χ1n) is 14.2. The van der Waals surface area contributed by atoms with Crippen LogP contribution in [0.1, 0.15) is 115 Å². The summed E-state index contributed by atoms with van der Waals surface area (Å²) in [7, 11) is 0. The highest BCUT2D eigenvalue weighted by Gasteiger charge is 2.30. The van der Waals surface area contributed by atoms with Crippen molar-refractivity contribution in [1.29, 1.82) is 0 Å². The zero-order valence-corrected chi connectivity index (χ0v) is 26.5. The first-order valence-corrected chi connectivity index (χ1v) is 14.2. The molecule has 2 heterocycles. The minimum Gasteiger partial charge on any atom is -0.493 e. The summed E-state index contributed by atoms with van der Waals surface area (Å²) in [5.74, 6) is 0.999. The van der Waals surface area contributed by atoms with Crippen LogP contribution in [0.25, 0.3) is 11.4 Å². The van der Waals surface area contributed by atoms with Gasteiger partial charge in [-0.1, -0.05) is 105 Å². The average Bonchev–Trinajstić information content (AvgIpc) is 3.38. The van der Waals surface area contributed by atoms with Crippen LogP contribution in [0, 0.1) is 13.8 Å². The lowest BCUT2D eigenvalue weighted by Gasteiger charge is -2.18. The number of hydrogen-bond donors (Lipinski definition) is 2. The third-order valence-electron chi connectivity index (χ3n) is 6.99. The van der Waals surface area contributed by atoms with Crippen molar-refractivity contribution in [3.63, 3.8) is 0 Å². The Morgan fingerprint density at radius 3 is 1.45 bits per heavy atom. The third-order valence-corrected chi connectivity index (χ3v) is 6.99. The van der Waals surface area contributed by atoms with E-state index in [1.54, 1.807) is 9.36 Å². The Morgan fingerprint density at radius 2 is 1.05 bits per heavy atom. The molecule has 0 aliphatic rings. The second-order valence-electron chi connectivity index (χ2n) is 13.4. The molecule has 2 N–H and O–H groups in total. The molecule has 0 radical (unpaired) electrons. The molecule has 0 bridgehead atoms. The maximum atomic E-state index is 10.6. The Bertz CT molecular complexity index is 1440. The molecule has 216 valence electrons. The molecule has 0 aliphatic heterocycles. The third kappa shape index (κ3) is 6.43. The van der Waals surface area contributed by atoms with E-state index in [1.165, 1.54) is 5.56 Å². The molecule has 0 amide bonds. The van der Waals surface area contributed by atoms with E-state index in [1.807, 2.05) is 62.4 Å². The lowest BCUT2D eigenvalue weighted by Crippen LogP contribution is -2.15. The van der Waals surface area contributed by atoms with Crippen LogP contribution in [0.4, 0.5) is 0 Å². The maximum Gasteiger partial charge on any atom is 0.218 e. The number of benzene rings is 2. The molecule has 0 saturated heterocycles. The van der Waals surface area contributed by atoms with Gasteiger partial charge in [-0.15, -0.1) is 0 Å². The van der Waals surface area contributed by atoms with E-state index in [2.05, 4.69) is 74.3 Å². The van der Waals surface area contributed by atoms with Crippen molar-refractivity contribution in [3.8, 4) is 23.1 Å². The van der Waals surface area contributed by atoms with E-state index in [4.69, 9.17) is 5.10 Å². The van der Waals surface area contributed by atoms with Crippen LogP contribution >= 0.6 is 0 Å². The molecule has 2 aromatic carbocycles. The summed E-state index contributed by atoms with van der Waals surface area (Å²) < 4.78 is 3.32. The molecule has 6 nitrogen and oxygen atoms in total. The zero-order valence-electron chi connectivity index (χ0n) is 26.5. The van der Waals surface area contributed by atoms with Crippen LogP contribution in [0.15, 0.2) is 48.5 Å². The molecule has 4 rings (SSSR count). The van der Waals surface area contributed by atoms with Crippen molar-refractivity contribution < 1.29 is 10.2 Å². The van der Waals surface area contributed by atoms with E-state index in [9.17, 15) is 10.2 Å². The summed E-state index contributed by atoms with van der Waals surface area (Å²) in [4.78, 5) is 0. The number of hydrogen-bond acceptors (Lipinski definition) is 4. The average molecular weight is 545 g/mol. The topological polar surface area (TPSA) is 76.1 Å². The second-order valence-corrected chi connectivity index (χ2v) is 13.4. The minimum absolute atomic E-state index is 0.0902. The fourth-order valence-corrected chi connectivity index (χ4v) is 4.85. The molecular formula is C34H48N4O2. The van der Waals surface area contributed by atoms with E-state index in [0.717, 1.165) is 39.5 Å².